The molecule has 1 fully saturated rings. The van der Waals surface area contributed by atoms with Crippen LogP contribution in [0.3, 0.4) is 0 Å². The number of amides is 1. The number of sulfonamides is 1. The molecule has 1 saturated heterocycles. The minimum atomic E-state index is -3.66. The maximum Gasteiger partial charge on any atom is 0.255 e. The van der Waals surface area contributed by atoms with Gasteiger partial charge >= 0.3 is 0 Å². The number of carbonyl (C=O) groups is 1. The maximum absolute atomic E-state index is 13.2. The topological polar surface area (TPSA) is 97.8 Å². The van der Waals surface area contributed by atoms with Gasteiger partial charge in [0.15, 0.2) is 0 Å². The van der Waals surface area contributed by atoms with Crippen LogP contribution in [-0.4, -0.2) is 43.8 Å². The Morgan fingerprint density at radius 1 is 0.971 bits per heavy atom. The van der Waals surface area contributed by atoms with E-state index in [1.54, 1.807) is 54.9 Å². The van der Waals surface area contributed by atoms with E-state index in [-0.39, 0.29) is 4.90 Å². The van der Waals surface area contributed by atoms with E-state index >= 15 is 0 Å². The molecule has 1 N–H and O–H groups in total. The average Bonchev–Trinajstić information content (AvgIpc) is 3.15. The highest BCUT2D eigenvalue weighted by Crippen LogP contribution is 2.30. The van der Waals surface area contributed by atoms with Gasteiger partial charge in [-0.25, -0.2) is 8.42 Å². The van der Waals surface area contributed by atoms with Gasteiger partial charge in [0, 0.05) is 24.8 Å². The summed E-state index contributed by atoms with van der Waals surface area (Å²) in [6.45, 7) is 1.01. The quantitative estimate of drug-likeness (QED) is 0.525. The number of rotatable bonds is 7. The molecule has 1 aromatic heterocycles. The van der Waals surface area contributed by atoms with E-state index in [9.17, 15) is 13.2 Å². The van der Waals surface area contributed by atoms with Crippen LogP contribution in [0.1, 0.15) is 36.0 Å². The van der Waals surface area contributed by atoms with Crippen molar-refractivity contribution in [2.24, 2.45) is 0 Å². The summed E-state index contributed by atoms with van der Waals surface area (Å²) in [6.07, 6.45) is 7.01. The molecule has 0 unspecified atom stereocenters. The number of hydrogen-bond acceptors (Lipinski definition) is 6. The Morgan fingerprint density at radius 3 is 2.35 bits per heavy atom. The van der Waals surface area contributed by atoms with Crippen molar-refractivity contribution in [3.05, 3.63) is 72.6 Å². The molecule has 0 radical (unpaired) electrons. The Balaban J connectivity index is 1.51. The lowest BCUT2D eigenvalue weighted by atomic mass is 10.2. The molecule has 0 spiro atoms. The van der Waals surface area contributed by atoms with Gasteiger partial charge in [-0.05, 0) is 67.4 Å². The number of ether oxygens (including phenoxy) is 2. The van der Waals surface area contributed by atoms with Crippen LogP contribution in [0.2, 0.25) is 0 Å². The van der Waals surface area contributed by atoms with E-state index in [0.717, 1.165) is 25.7 Å². The van der Waals surface area contributed by atoms with E-state index in [1.807, 2.05) is 0 Å². The number of nitrogens with one attached hydrogen (secondary N) is 1. The Bertz CT molecular complexity index is 1220. The van der Waals surface area contributed by atoms with Gasteiger partial charge in [-0.2, -0.15) is 4.31 Å². The molecular weight excluding hydrogens is 454 g/mol. The van der Waals surface area contributed by atoms with Crippen LogP contribution in [-0.2, 0) is 10.0 Å². The second-order valence-corrected chi connectivity index (χ2v) is 9.89. The zero-order valence-corrected chi connectivity index (χ0v) is 19.8. The third-order valence-electron chi connectivity index (χ3n) is 5.61. The normalized spacial score (nSPS) is 14.7. The van der Waals surface area contributed by atoms with Crippen molar-refractivity contribution in [1.29, 1.82) is 0 Å². The van der Waals surface area contributed by atoms with Crippen LogP contribution in [0.4, 0.5) is 5.69 Å². The van der Waals surface area contributed by atoms with Crippen molar-refractivity contribution in [1.82, 2.24) is 9.29 Å². The van der Waals surface area contributed by atoms with E-state index < -0.39 is 15.9 Å². The SMILES string of the molecule is COc1ccc(S(=O)(=O)N2CCCCCC2)cc1NC(=O)c1ccc(Oc2cccnc2)cc1. The van der Waals surface area contributed by atoms with Gasteiger partial charge in [0.25, 0.3) is 5.91 Å². The number of benzene rings is 2. The fourth-order valence-electron chi connectivity index (χ4n) is 3.79. The Morgan fingerprint density at radius 2 is 1.71 bits per heavy atom. The number of pyridine rings is 1. The van der Waals surface area contributed by atoms with Gasteiger partial charge < -0.3 is 14.8 Å². The molecule has 4 rings (SSSR count). The Labute approximate surface area is 199 Å². The highest BCUT2D eigenvalue weighted by molar-refractivity contribution is 7.89. The van der Waals surface area contributed by atoms with Crippen molar-refractivity contribution in [3.8, 4) is 17.2 Å². The molecule has 1 amide bonds. The third kappa shape index (κ3) is 5.55. The number of nitrogens with zero attached hydrogens (tertiary/aromatic N) is 2. The van der Waals surface area contributed by atoms with Gasteiger partial charge in [-0.3, -0.25) is 9.78 Å². The molecule has 34 heavy (non-hydrogen) atoms. The van der Waals surface area contributed by atoms with Gasteiger partial charge in [-0.15, -0.1) is 0 Å². The lowest BCUT2D eigenvalue weighted by Crippen LogP contribution is -2.32. The van der Waals surface area contributed by atoms with Crippen LogP contribution in [0, 0.1) is 0 Å². The number of aromatic nitrogens is 1. The second-order valence-electron chi connectivity index (χ2n) is 7.95. The van der Waals surface area contributed by atoms with Crippen LogP contribution in [0.15, 0.2) is 71.9 Å². The molecule has 9 heteroatoms. The summed E-state index contributed by atoms with van der Waals surface area (Å²) >= 11 is 0. The minimum Gasteiger partial charge on any atom is -0.495 e. The molecule has 3 aromatic rings. The van der Waals surface area contributed by atoms with E-state index in [2.05, 4.69) is 10.3 Å². The van der Waals surface area contributed by atoms with Crippen LogP contribution < -0.4 is 14.8 Å². The lowest BCUT2D eigenvalue weighted by molar-refractivity contribution is 0.102. The number of hydrogen-bond donors (Lipinski definition) is 1. The van der Waals surface area contributed by atoms with Gasteiger partial charge in [0.05, 0.1) is 23.9 Å². The number of carbonyl (C=O) groups excluding carboxylic acids is 1. The van der Waals surface area contributed by atoms with Crippen molar-refractivity contribution in [2.45, 2.75) is 30.6 Å². The zero-order valence-electron chi connectivity index (χ0n) is 18.9. The fraction of sp³-hybridized carbons (Fsp3) is 0.280. The van der Waals surface area contributed by atoms with Crippen molar-refractivity contribution < 1.29 is 22.7 Å². The third-order valence-corrected chi connectivity index (χ3v) is 7.50. The smallest absolute Gasteiger partial charge is 0.255 e. The van der Waals surface area contributed by atoms with E-state index in [0.29, 0.717) is 41.6 Å². The number of anilines is 1. The van der Waals surface area contributed by atoms with Gasteiger partial charge in [-0.1, -0.05) is 12.8 Å². The molecule has 2 heterocycles. The molecule has 0 aliphatic carbocycles. The molecular formula is C25H27N3O5S. The van der Waals surface area contributed by atoms with Crippen LogP contribution in [0.25, 0.3) is 0 Å². The summed E-state index contributed by atoms with van der Waals surface area (Å²) in [5, 5.41) is 2.78. The molecule has 0 saturated carbocycles. The largest absolute Gasteiger partial charge is 0.495 e. The predicted molar refractivity (Wildman–Crippen MR) is 129 cm³/mol. The minimum absolute atomic E-state index is 0.130. The van der Waals surface area contributed by atoms with Crippen LogP contribution >= 0.6 is 0 Å². The lowest BCUT2D eigenvalue weighted by Gasteiger charge is -2.21. The molecule has 0 atom stereocenters. The Kier molecular flexibility index (Phi) is 7.44. The van der Waals surface area contributed by atoms with Gasteiger partial charge in [0.1, 0.15) is 17.2 Å². The van der Waals surface area contributed by atoms with E-state index in [4.69, 9.17) is 9.47 Å². The molecule has 8 nitrogen and oxygen atoms in total. The molecule has 0 bridgehead atoms. The first-order valence-corrected chi connectivity index (χ1v) is 12.6. The molecule has 178 valence electrons. The Hall–Kier alpha value is -3.43. The molecule has 1 aliphatic rings. The highest BCUT2D eigenvalue weighted by atomic mass is 32.2. The van der Waals surface area contributed by atoms with Gasteiger partial charge in [0.2, 0.25) is 10.0 Å². The van der Waals surface area contributed by atoms with Crippen LogP contribution in [0.5, 0.6) is 17.2 Å². The monoisotopic (exact) mass is 481 g/mol. The molecule has 2 aromatic carbocycles. The summed E-state index contributed by atoms with van der Waals surface area (Å²) in [5.74, 6) is 1.13. The zero-order chi connectivity index (χ0) is 24.0. The summed E-state index contributed by atoms with van der Waals surface area (Å²) in [4.78, 5) is 17.0. The van der Waals surface area contributed by atoms with Crippen molar-refractivity contribution >= 4 is 21.6 Å². The first-order valence-electron chi connectivity index (χ1n) is 11.1. The van der Waals surface area contributed by atoms with Crippen molar-refractivity contribution in [2.75, 3.05) is 25.5 Å². The highest BCUT2D eigenvalue weighted by Gasteiger charge is 2.26. The average molecular weight is 482 g/mol. The predicted octanol–water partition coefficient (Wildman–Crippen LogP) is 4.70. The van der Waals surface area contributed by atoms with E-state index in [1.165, 1.54) is 23.5 Å². The summed E-state index contributed by atoms with van der Waals surface area (Å²) in [5.41, 5.74) is 0.681. The van der Waals surface area contributed by atoms with Crippen molar-refractivity contribution in [3.63, 3.8) is 0 Å². The second kappa shape index (κ2) is 10.7. The fourth-order valence-corrected chi connectivity index (χ4v) is 5.33. The molecule has 1 aliphatic heterocycles. The first-order chi connectivity index (χ1) is 16.5. The summed E-state index contributed by atoms with van der Waals surface area (Å²) in [7, 11) is -2.19. The standard InChI is InChI=1S/C25H27N3O5S/c1-32-24-13-12-22(34(30,31)28-15-4-2-3-5-16-28)17-23(24)27-25(29)19-8-10-20(11-9-19)33-21-7-6-14-26-18-21/h6-14,17-18H,2-5,15-16H2,1H3,(H,27,29). The maximum atomic E-state index is 13.2. The summed E-state index contributed by atoms with van der Waals surface area (Å²) in [6, 6.07) is 14.7. The first kappa shape index (κ1) is 23.7. The summed E-state index contributed by atoms with van der Waals surface area (Å²) < 4.78 is 39.0. The number of methoxy groups -OCH3 is 1.